The molecule has 0 radical (unpaired) electrons. The molecule has 0 aromatic rings. The zero-order chi connectivity index (χ0) is 12.1. The normalized spacial score (nSPS) is 31.1. The van der Waals surface area contributed by atoms with E-state index in [1.165, 1.54) is 13.0 Å². The number of nitrogens with one attached hydrogen (secondary N) is 2. The average molecular weight is 257 g/mol. The molecule has 2 rings (SSSR count). The van der Waals surface area contributed by atoms with E-state index in [9.17, 15) is 4.79 Å². The smallest absolute Gasteiger partial charge is 0.238 e. The van der Waals surface area contributed by atoms with Gasteiger partial charge in [-0.05, 0) is 25.9 Å². The van der Waals surface area contributed by atoms with Gasteiger partial charge in [0, 0.05) is 30.6 Å². The van der Waals surface area contributed by atoms with Crippen LogP contribution in [0.25, 0.3) is 0 Å². The van der Waals surface area contributed by atoms with Gasteiger partial charge >= 0.3 is 0 Å². The van der Waals surface area contributed by atoms with Gasteiger partial charge in [0.05, 0.1) is 6.04 Å². The van der Waals surface area contributed by atoms with Crippen molar-refractivity contribution in [3.8, 4) is 0 Å². The summed E-state index contributed by atoms with van der Waals surface area (Å²) in [6.45, 7) is 6.42. The van der Waals surface area contributed by atoms with Gasteiger partial charge in [0.2, 0.25) is 5.91 Å². The second-order valence-electron chi connectivity index (χ2n) is 4.82. The fraction of sp³-hybridized carbons (Fsp3) is 0.917. The highest BCUT2D eigenvalue weighted by molar-refractivity contribution is 7.99. The molecule has 0 aromatic heterocycles. The first-order valence-electron chi connectivity index (χ1n) is 6.63. The van der Waals surface area contributed by atoms with Crippen molar-refractivity contribution in [2.75, 3.05) is 37.7 Å². The van der Waals surface area contributed by atoms with Crippen LogP contribution in [0.2, 0.25) is 0 Å². The fourth-order valence-corrected chi connectivity index (χ4v) is 3.43. The van der Waals surface area contributed by atoms with E-state index < -0.39 is 0 Å². The van der Waals surface area contributed by atoms with Crippen molar-refractivity contribution in [2.24, 2.45) is 0 Å². The summed E-state index contributed by atoms with van der Waals surface area (Å²) in [6, 6.07) is 0.371. The number of likely N-dealkylation sites (N-methyl/N-ethyl adjacent to an activating group) is 1. The number of piperidine rings is 1. The molecule has 98 valence electrons. The molecule has 2 N–H and O–H groups in total. The Kier molecular flexibility index (Phi) is 5.13. The Morgan fingerprint density at radius 1 is 1.59 bits per heavy atom. The first kappa shape index (κ1) is 13.2. The molecule has 17 heavy (non-hydrogen) atoms. The lowest BCUT2D eigenvalue weighted by Crippen LogP contribution is -2.54. The highest BCUT2D eigenvalue weighted by atomic mass is 32.2. The van der Waals surface area contributed by atoms with Gasteiger partial charge in [-0.3, -0.25) is 4.79 Å². The third-order valence-corrected chi connectivity index (χ3v) is 4.60. The summed E-state index contributed by atoms with van der Waals surface area (Å²) in [7, 11) is 0. The third kappa shape index (κ3) is 3.86. The number of thioether (sulfide) groups is 1. The monoisotopic (exact) mass is 257 g/mol. The Balaban J connectivity index is 1.77. The van der Waals surface area contributed by atoms with Crippen molar-refractivity contribution < 1.29 is 4.79 Å². The summed E-state index contributed by atoms with van der Waals surface area (Å²) in [5.74, 6) is 2.23. The Labute approximate surface area is 108 Å². The number of carbonyl (C=O) groups excluding carboxylic acids is 1. The van der Waals surface area contributed by atoms with Crippen LogP contribution in [0.15, 0.2) is 0 Å². The maximum Gasteiger partial charge on any atom is 0.238 e. The first-order chi connectivity index (χ1) is 8.29. The van der Waals surface area contributed by atoms with E-state index in [4.69, 9.17) is 0 Å². The van der Waals surface area contributed by atoms with E-state index in [1.807, 2.05) is 11.8 Å². The summed E-state index contributed by atoms with van der Waals surface area (Å²) in [5.41, 5.74) is 0. The Hall–Kier alpha value is -0.260. The van der Waals surface area contributed by atoms with Gasteiger partial charge in [-0.25, -0.2) is 0 Å². The quantitative estimate of drug-likeness (QED) is 0.763. The molecular weight excluding hydrogens is 234 g/mol. The lowest BCUT2D eigenvalue weighted by atomic mass is 10.1. The molecule has 2 saturated heterocycles. The number of hydrogen-bond acceptors (Lipinski definition) is 4. The summed E-state index contributed by atoms with van der Waals surface area (Å²) in [4.78, 5) is 14.5. The highest BCUT2D eigenvalue weighted by Gasteiger charge is 2.25. The van der Waals surface area contributed by atoms with Gasteiger partial charge in [0.25, 0.3) is 0 Å². The van der Waals surface area contributed by atoms with E-state index in [-0.39, 0.29) is 11.9 Å². The lowest BCUT2D eigenvalue weighted by Gasteiger charge is -2.33. The Bertz CT molecular complexity index is 256. The largest absolute Gasteiger partial charge is 0.351 e. The zero-order valence-corrected chi connectivity index (χ0v) is 11.4. The molecule has 0 bridgehead atoms. The van der Waals surface area contributed by atoms with Crippen LogP contribution in [0.5, 0.6) is 0 Å². The molecule has 2 aliphatic heterocycles. The predicted molar refractivity (Wildman–Crippen MR) is 72.4 cm³/mol. The number of hydrogen-bond donors (Lipinski definition) is 2. The third-order valence-electron chi connectivity index (χ3n) is 3.54. The number of carbonyl (C=O) groups is 1. The van der Waals surface area contributed by atoms with Crippen molar-refractivity contribution >= 4 is 17.7 Å². The molecule has 0 aliphatic carbocycles. The number of nitrogens with zero attached hydrogens (tertiary/aromatic N) is 1. The van der Waals surface area contributed by atoms with Crippen molar-refractivity contribution in [2.45, 2.75) is 31.8 Å². The summed E-state index contributed by atoms with van der Waals surface area (Å²) in [5, 5.41) is 6.48. The molecular formula is C12H23N3OS. The molecule has 5 heteroatoms. The summed E-state index contributed by atoms with van der Waals surface area (Å²) < 4.78 is 0. The minimum Gasteiger partial charge on any atom is -0.351 e. The Morgan fingerprint density at radius 3 is 3.18 bits per heavy atom. The molecule has 2 aliphatic rings. The van der Waals surface area contributed by atoms with E-state index in [2.05, 4.69) is 22.5 Å². The minimum atomic E-state index is 0.0192. The van der Waals surface area contributed by atoms with Gasteiger partial charge in [-0.1, -0.05) is 6.92 Å². The highest BCUT2D eigenvalue weighted by Crippen LogP contribution is 2.11. The molecule has 0 aromatic carbocycles. The SMILES string of the molecule is CCN1CCCC(NC(=O)C2CSCCN2)C1. The fourth-order valence-electron chi connectivity index (χ4n) is 2.50. The van der Waals surface area contributed by atoms with Crippen LogP contribution in [0.3, 0.4) is 0 Å². The van der Waals surface area contributed by atoms with Crippen molar-refractivity contribution in [3.05, 3.63) is 0 Å². The van der Waals surface area contributed by atoms with Gasteiger partial charge in [-0.15, -0.1) is 0 Å². The number of rotatable bonds is 3. The maximum atomic E-state index is 12.1. The molecule has 4 nitrogen and oxygen atoms in total. The van der Waals surface area contributed by atoms with E-state index >= 15 is 0 Å². The predicted octanol–water partition coefficient (Wildman–Crippen LogP) is 0.292. The molecule has 2 fully saturated rings. The molecule has 2 unspecified atom stereocenters. The molecule has 2 heterocycles. The van der Waals surface area contributed by atoms with Gasteiger partial charge < -0.3 is 15.5 Å². The standard InChI is InChI=1S/C12H23N3OS/c1-2-15-6-3-4-10(8-15)14-12(16)11-9-17-7-5-13-11/h10-11,13H,2-9H2,1H3,(H,14,16). The van der Waals surface area contributed by atoms with Crippen molar-refractivity contribution in [1.82, 2.24) is 15.5 Å². The molecule has 0 saturated carbocycles. The van der Waals surface area contributed by atoms with Crippen LogP contribution in [-0.2, 0) is 4.79 Å². The molecule has 2 atom stereocenters. The summed E-state index contributed by atoms with van der Waals surface area (Å²) >= 11 is 1.86. The zero-order valence-electron chi connectivity index (χ0n) is 10.6. The van der Waals surface area contributed by atoms with Crippen LogP contribution in [0.1, 0.15) is 19.8 Å². The van der Waals surface area contributed by atoms with Gasteiger partial charge in [0.1, 0.15) is 0 Å². The van der Waals surface area contributed by atoms with Crippen LogP contribution in [0.4, 0.5) is 0 Å². The van der Waals surface area contributed by atoms with Crippen LogP contribution < -0.4 is 10.6 Å². The number of amides is 1. The second-order valence-corrected chi connectivity index (χ2v) is 5.97. The van der Waals surface area contributed by atoms with E-state index in [0.717, 1.165) is 37.6 Å². The summed E-state index contributed by atoms with van der Waals surface area (Å²) in [6.07, 6.45) is 2.33. The van der Waals surface area contributed by atoms with Crippen LogP contribution >= 0.6 is 11.8 Å². The topological polar surface area (TPSA) is 44.4 Å². The molecule has 1 amide bonds. The van der Waals surface area contributed by atoms with Gasteiger partial charge in [0.15, 0.2) is 0 Å². The van der Waals surface area contributed by atoms with Crippen LogP contribution in [-0.4, -0.2) is 60.6 Å². The lowest BCUT2D eigenvalue weighted by molar-refractivity contribution is -0.123. The van der Waals surface area contributed by atoms with Crippen LogP contribution in [0, 0.1) is 0 Å². The minimum absolute atomic E-state index is 0.0192. The van der Waals surface area contributed by atoms with Gasteiger partial charge in [-0.2, -0.15) is 11.8 Å². The average Bonchev–Trinajstić information content (AvgIpc) is 2.40. The Morgan fingerprint density at radius 2 is 2.47 bits per heavy atom. The second kappa shape index (κ2) is 6.61. The van der Waals surface area contributed by atoms with E-state index in [1.54, 1.807) is 0 Å². The van der Waals surface area contributed by atoms with Crippen molar-refractivity contribution in [3.63, 3.8) is 0 Å². The number of likely N-dealkylation sites (tertiary alicyclic amines) is 1. The maximum absolute atomic E-state index is 12.1. The van der Waals surface area contributed by atoms with E-state index in [0.29, 0.717) is 6.04 Å². The molecule has 0 spiro atoms. The van der Waals surface area contributed by atoms with Crippen molar-refractivity contribution in [1.29, 1.82) is 0 Å². The first-order valence-corrected chi connectivity index (χ1v) is 7.79.